The molecule has 1 saturated carbocycles. The Balaban J connectivity index is 1.61. The second-order valence-electron chi connectivity index (χ2n) is 5.36. The van der Waals surface area contributed by atoms with Crippen LogP contribution in [0.1, 0.15) is 25.7 Å². The summed E-state index contributed by atoms with van der Waals surface area (Å²) < 4.78 is 0. The summed E-state index contributed by atoms with van der Waals surface area (Å²) in [6.07, 6.45) is 4.72. The standard InChI is InChI=1S/C12H20N2O/c15-12(9-1-2-9)14-5-3-10-7-13-8-11(10)4-6-14/h9-11,13H,1-8H2/t10-,11+. The van der Waals surface area contributed by atoms with E-state index in [9.17, 15) is 4.79 Å². The average Bonchev–Trinajstić information content (AvgIpc) is 3.03. The van der Waals surface area contributed by atoms with Crippen molar-refractivity contribution in [2.45, 2.75) is 25.7 Å². The first-order valence-electron chi connectivity index (χ1n) is 6.34. The molecule has 0 bridgehead atoms. The molecule has 0 aromatic heterocycles. The summed E-state index contributed by atoms with van der Waals surface area (Å²) in [4.78, 5) is 14.1. The van der Waals surface area contributed by atoms with Crippen LogP contribution in [0.15, 0.2) is 0 Å². The summed E-state index contributed by atoms with van der Waals surface area (Å²) in [7, 11) is 0. The van der Waals surface area contributed by atoms with Crippen LogP contribution in [-0.4, -0.2) is 37.0 Å². The third-order valence-corrected chi connectivity index (χ3v) is 4.26. The van der Waals surface area contributed by atoms with Crippen molar-refractivity contribution in [2.75, 3.05) is 26.2 Å². The first-order valence-corrected chi connectivity index (χ1v) is 6.34. The highest BCUT2D eigenvalue weighted by atomic mass is 16.2. The second-order valence-corrected chi connectivity index (χ2v) is 5.36. The van der Waals surface area contributed by atoms with Gasteiger partial charge in [0.05, 0.1) is 0 Å². The van der Waals surface area contributed by atoms with E-state index >= 15 is 0 Å². The molecule has 3 fully saturated rings. The smallest absolute Gasteiger partial charge is 0.225 e. The number of likely N-dealkylation sites (tertiary alicyclic amines) is 1. The number of hydrogen-bond acceptors (Lipinski definition) is 2. The maximum atomic E-state index is 11.9. The Morgan fingerprint density at radius 1 is 1.00 bits per heavy atom. The molecule has 0 unspecified atom stereocenters. The number of carbonyl (C=O) groups is 1. The van der Waals surface area contributed by atoms with Crippen LogP contribution in [0.25, 0.3) is 0 Å². The lowest BCUT2D eigenvalue weighted by Crippen LogP contribution is -2.33. The van der Waals surface area contributed by atoms with E-state index in [1.54, 1.807) is 0 Å². The van der Waals surface area contributed by atoms with Gasteiger partial charge in [-0.3, -0.25) is 4.79 Å². The minimum absolute atomic E-state index is 0.404. The second kappa shape index (κ2) is 3.78. The lowest BCUT2D eigenvalue weighted by Gasteiger charge is -2.20. The summed E-state index contributed by atoms with van der Waals surface area (Å²) in [6, 6.07) is 0. The molecule has 15 heavy (non-hydrogen) atoms. The first-order chi connectivity index (χ1) is 7.34. The molecule has 3 rings (SSSR count). The van der Waals surface area contributed by atoms with E-state index in [1.807, 2.05) is 0 Å². The number of carbonyl (C=O) groups excluding carboxylic acids is 1. The number of amides is 1. The molecule has 0 aromatic carbocycles. The fraction of sp³-hybridized carbons (Fsp3) is 0.917. The summed E-state index contributed by atoms with van der Waals surface area (Å²) in [5.41, 5.74) is 0. The van der Waals surface area contributed by atoms with Crippen molar-refractivity contribution in [1.29, 1.82) is 0 Å². The van der Waals surface area contributed by atoms with E-state index in [0.29, 0.717) is 11.8 Å². The molecule has 2 aliphatic heterocycles. The van der Waals surface area contributed by atoms with Gasteiger partial charge in [0.2, 0.25) is 5.91 Å². The van der Waals surface area contributed by atoms with E-state index in [1.165, 1.54) is 25.9 Å². The van der Waals surface area contributed by atoms with E-state index in [-0.39, 0.29) is 0 Å². The van der Waals surface area contributed by atoms with Crippen molar-refractivity contribution in [2.24, 2.45) is 17.8 Å². The Morgan fingerprint density at radius 3 is 2.13 bits per heavy atom. The molecule has 1 N–H and O–H groups in total. The van der Waals surface area contributed by atoms with Gasteiger partial charge in [-0.05, 0) is 50.6 Å². The number of rotatable bonds is 1. The van der Waals surface area contributed by atoms with Gasteiger partial charge < -0.3 is 10.2 Å². The average molecular weight is 208 g/mol. The summed E-state index contributed by atoms with van der Waals surface area (Å²) >= 11 is 0. The Hall–Kier alpha value is -0.570. The molecule has 2 atom stereocenters. The van der Waals surface area contributed by atoms with Crippen LogP contribution in [-0.2, 0) is 4.79 Å². The van der Waals surface area contributed by atoms with Gasteiger partial charge in [-0.25, -0.2) is 0 Å². The number of nitrogens with zero attached hydrogens (tertiary/aromatic N) is 1. The molecular formula is C12H20N2O. The fourth-order valence-corrected chi connectivity index (χ4v) is 3.03. The Kier molecular flexibility index (Phi) is 2.43. The topological polar surface area (TPSA) is 32.3 Å². The number of fused-ring (bicyclic) bond motifs is 1. The molecule has 2 saturated heterocycles. The van der Waals surface area contributed by atoms with Gasteiger partial charge in [0.1, 0.15) is 0 Å². The fourth-order valence-electron chi connectivity index (χ4n) is 3.03. The lowest BCUT2D eigenvalue weighted by atomic mass is 9.92. The van der Waals surface area contributed by atoms with Crippen LogP contribution >= 0.6 is 0 Å². The quantitative estimate of drug-likeness (QED) is 0.693. The van der Waals surface area contributed by atoms with E-state index in [2.05, 4.69) is 10.2 Å². The summed E-state index contributed by atoms with van der Waals surface area (Å²) in [5.74, 6) is 2.52. The van der Waals surface area contributed by atoms with Crippen LogP contribution in [0.3, 0.4) is 0 Å². The SMILES string of the molecule is O=C(C1CC1)N1CC[C@@H]2CNC[C@@H]2CC1. The summed E-state index contributed by atoms with van der Waals surface area (Å²) in [5, 5.41) is 3.47. The molecule has 1 amide bonds. The Morgan fingerprint density at radius 2 is 1.60 bits per heavy atom. The van der Waals surface area contributed by atoms with Crippen molar-refractivity contribution >= 4 is 5.91 Å². The zero-order valence-corrected chi connectivity index (χ0v) is 9.24. The predicted molar refractivity (Wildman–Crippen MR) is 58.4 cm³/mol. The van der Waals surface area contributed by atoms with Gasteiger partial charge in [-0.1, -0.05) is 0 Å². The van der Waals surface area contributed by atoms with E-state index in [4.69, 9.17) is 0 Å². The van der Waals surface area contributed by atoms with Crippen molar-refractivity contribution < 1.29 is 4.79 Å². The maximum absolute atomic E-state index is 11.9. The Labute approximate surface area is 91.2 Å². The van der Waals surface area contributed by atoms with Crippen molar-refractivity contribution in [3.63, 3.8) is 0 Å². The molecular weight excluding hydrogens is 188 g/mol. The third kappa shape index (κ3) is 1.89. The molecule has 2 heterocycles. The highest BCUT2D eigenvalue weighted by molar-refractivity contribution is 5.81. The predicted octanol–water partition coefficient (Wildman–Crippen LogP) is 0.854. The largest absolute Gasteiger partial charge is 0.342 e. The van der Waals surface area contributed by atoms with Crippen LogP contribution in [0, 0.1) is 17.8 Å². The number of hydrogen-bond donors (Lipinski definition) is 1. The van der Waals surface area contributed by atoms with Crippen LogP contribution in [0.5, 0.6) is 0 Å². The molecule has 1 aliphatic carbocycles. The van der Waals surface area contributed by atoms with Gasteiger partial charge in [0.15, 0.2) is 0 Å². The van der Waals surface area contributed by atoms with Gasteiger partial charge in [0.25, 0.3) is 0 Å². The minimum atomic E-state index is 0.404. The van der Waals surface area contributed by atoms with Gasteiger partial charge >= 0.3 is 0 Å². The zero-order chi connectivity index (χ0) is 10.3. The van der Waals surface area contributed by atoms with Crippen molar-refractivity contribution in [3.8, 4) is 0 Å². The normalized spacial score (nSPS) is 36.1. The molecule has 0 spiro atoms. The van der Waals surface area contributed by atoms with Crippen molar-refractivity contribution in [3.05, 3.63) is 0 Å². The molecule has 0 aromatic rings. The monoisotopic (exact) mass is 208 g/mol. The molecule has 3 nitrogen and oxygen atoms in total. The number of nitrogens with one attached hydrogen (secondary N) is 1. The van der Waals surface area contributed by atoms with Crippen molar-refractivity contribution in [1.82, 2.24) is 10.2 Å². The summed E-state index contributed by atoms with van der Waals surface area (Å²) in [6.45, 7) is 4.38. The van der Waals surface area contributed by atoms with E-state index in [0.717, 1.165) is 37.8 Å². The maximum Gasteiger partial charge on any atom is 0.225 e. The molecule has 3 aliphatic rings. The van der Waals surface area contributed by atoms with Gasteiger partial charge in [-0.15, -0.1) is 0 Å². The van der Waals surface area contributed by atoms with E-state index < -0.39 is 0 Å². The Bertz CT molecular complexity index is 248. The molecule has 0 radical (unpaired) electrons. The van der Waals surface area contributed by atoms with Crippen LogP contribution in [0.4, 0.5) is 0 Å². The van der Waals surface area contributed by atoms with Crippen LogP contribution in [0.2, 0.25) is 0 Å². The van der Waals surface area contributed by atoms with Crippen LogP contribution < -0.4 is 5.32 Å². The highest BCUT2D eigenvalue weighted by Crippen LogP contribution is 2.33. The first kappa shape index (κ1) is 9.64. The van der Waals surface area contributed by atoms with Gasteiger partial charge in [0, 0.05) is 19.0 Å². The minimum Gasteiger partial charge on any atom is -0.342 e. The lowest BCUT2D eigenvalue weighted by molar-refractivity contribution is -0.132. The molecule has 3 heteroatoms. The molecule has 84 valence electrons. The zero-order valence-electron chi connectivity index (χ0n) is 9.24. The van der Waals surface area contributed by atoms with Gasteiger partial charge in [-0.2, -0.15) is 0 Å². The third-order valence-electron chi connectivity index (χ3n) is 4.26. The highest BCUT2D eigenvalue weighted by Gasteiger charge is 2.36.